The molecule has 1 saturated heterocycles. The molecule has 1 atom stereocenters. The molecular formula is C26H36N4O2. The minimum absolute atomic E-state index is 0.0678. The van der Waals surface area contributed by atoms with Gasteiger partial charge in [-0.25, -0.2) is 0 Å². The van der Waals surface area contributed by atoms with Gasteiger partial charge in [0.05, 0.1) is 18.4 Å². The van der Waals surface area contributed by atoms with Crippen molar-refractivity contribution in [2.45, 2.75) is 45.1 Å². The molecule has 0 spiro atoms. The zero-order valence-electron chi connectivity index (χ0n) is 19.4. The number of nitrogens with zero attached hydrogens (tertiary/aromatic N) is 3. The number of para-hydroxylation sites is 1. The molecule has 1 aliphatic heterocycles. The van der Waals surface area contributed by atoms with Crippen molar-refractivity contribution in [3.63, 3.8) is 0 Å². The highest BCUT2D eigenvalue weighted by atomic mass is 16.5. The van der Waals surface area contributed by atoms with E-state index in [2.05, 4.69) is 27.5 Å². The first kappa shape index (κ1) is 22.6. The number of rotatable bonds is 8. The number of carbonyl (C=O) groups is 1. The van der Waals surface area contributed by atoms with Crippen LogP contribution in [0.25, 0.3) is 0 Å². The van der Waals surface area contributed by atoms with E-state index >= 15 is 0 Å². The summed E-state index contributed by atoms with van der Waals surface area (Å²) in [4.78, 5) is 15.6. The molecule has 1 aromatic heterocycles. The summed E-state index contributed by atoms with van der Waals surface area (Å²) in [5.41, 5.74) is 2.58. The number of nitrogens with one attached hydrogen (secondary N) is 1. The fourth-order valence-electron chi connectivity index (χ4n) is 5.03. The van der Waals surface area contributed by atoms with Gasteiger partial charge in [0.25, 0.3) is 5.91 Å². The highest BCUT2D eigenvalue weighted by Gasteiger charge is 2.25. The smallest absolute Gasteiger partial charge is 0.255 e. The summed E-state index contributed by atoms with van der Waals surface area (Å²) in [5.74, 6) is 2.14. The standard InChI is InChI=1S/C26H36N4O2/c1-29-19-23(26(31)27-17-22-10-6-7-11-25(22)32-2)24(28-29)16-20-12-14-30(15-13-20)18-21-8-4-3-5-9-21/h3-4,6-7,10-11,19-21H,5,8-9,12-18H2,1-2H3,(H,27,31)/t21-/m1/s1. The lowest BCUT2D eigenvalue weighted by Crippen LogP contribution is -2.38. The van der Waals surface area contributed by atoms with Crippen LogP contribution in [0.1, 0.15) is 53.7 Å². The predicted molar refractivity (Wildman–Crippen MR) is 127 cm³/mol. The Hall–Kier alpha value is -2.60. The van der Waals surface area contributed by atoms with Crippen molar-refractivity contribution in [1.82, 2.24) is 20.0 Å². The average molecular weight is 437 g/mol. The molecule has 2 heterocycles. The zero-order chi connectivity index (χ0) is 22.3. The number of piperidine rings is 1. The van der Waals surface area contributed by atoms with E-state index in [4.69, 9.17) is 4.74 Å². The number of ether oxygens (including phenoxy) is 1. The second-order valence-electron chi connectivity index (χ2n) is 9.26. The van der Waals surface area contributed by atoms with Crippen LogP contribution in [-0.2, 0) is 20.0 Å². The van der Waals surface area contributed by atoms with E-state index in [1.165, 1.54) is 38.6 Å². The predicted octanol–water partition coefficient (Wildman–Crippen LogP) is 3.97. The van der Waals surface area contributed by atoms with E-state index in [-0.39, 0.29) is 5.91 Å². The molecule has 1 N–H and O–H groups in total. The molecule has 1 fully saturated rings. The summed E-state index contributed by atoms with van der Waals surface area (Å²) in [6.45, 7) is 3.99. The molecule has 2 aliphatic rings. The maximum atomic E-state index is 12.9. The molecule has 6 heteroatoms. The Bertz CT molecular complexity index is 928. The van der Waals surface area contributed by atoms with Gasteiger partial charge in [0.2, 0.25) is 0 Å². The lowest BCUT2D eigenvalue weighted by molar-refractivity contribution is 0.0949. The lowest BCUT2D eigenvalue weighted by Gasteiger charge is -2.34. The third-order valence-electron chi connectivity index (χ3n) is 6.87. The van der Waals surface area contributed by atoms with Crippen LogP contribution in [0.15, 0.2) is 42.6 Å². The maximum absolute atomic E-state index is 12.9. The zero-order valence-corrected chi connectivity index (χ0v) is 19.4. The Balaban J connectivity index is 1.30. The van der Waals surface area contributed by atoms with E-state index in [0.717, 1.165) is 42.4 Å². The van der Waals surface area contributed by atoms with Gasteiger partial charge in [0.1, 0.15) is 5.75 Å². The Morgan fingerprint density at radius 3 is 2.72 bits per heavy atom. The van der Waals surface area contributed by atoms with Crippen LogP contribution in [0.3, 0.4) is 0 Å². The molecule has 172 valence electrons. The number of aromatic nitrogens is 2. The Kier molecular flexibility index (Phi) is 7.63. The lowest BCUT2D eigenvalue weighted by atomic mass is 9.89. The highest BCUT2D eigenvalue weighted by Crippen LogP contribution is 2.26. The number of likely N-dealkylation sites (tertiary alicyclic amines) is 1. The van der Waals surface area contributed by atoms with E-state index in [0.29, 0.717) is 18.0 Å². The fraction of sp³-hybridized carbons (Fsp3) is 0.538. The van der Waals surface area contributed by atoms with Crippen molar-refractivity contribution in [2.24, 2.45) is 18.9 Å². The molecule has 1 aromatic carbocycles. The first-order valence-electron chi connectivity index (χ1n) is 11.9. The third-order valence-corrected chi connectivity index (χ3v) is 6.87. The van der Waals surface area contributed by atoms with Crippen LogP contribution in [0.5, 0.6) is 5.75 Å². The molecule has 1 amide bonds. The topological polar surface area (TPSA) is 59.4 Å². The Morgan fingerprint density at radius 2 is 1.97 bits per heavy atom. The third kappa shape index (κ3) is 5.80. The molecule has 0 unspecified atom stereocenters. The minimum atomic E-state index is -0.0678. The number of amides is 1. The van der Waals surface area contributed by atoms with Crippen LogP contribution in [0.2, 0.25) is 0 Å². The van der Waals surface area contributed by atoms with Gasteiger partial charge in [-0.15, -0.1) is 0 Å². The summed E-state index contributed by atoms with van der Waals surface area (Å²) >= 11 is 0. The minimum Gasteiger partial charge on any atom is -0.496 e. The van der Waals surface area contributed by atoms with E-state index in [1.807, 2.05) is 37.5 Å². The monoisotopic (exact) mass is 436 g/mol. The first-order valence-corrected chi connectivity index (χ1v) is 11.9. The normalized spacial score (nSPS) is 19.8. The summed E-state index contributed by atoms with van der Waals surface area (Å²) in [6.07, 6.45) is 13.6. The molecule has 0 bridgehead atoms. The van der Waals surface area contributed by atoms with Gasteiger partial charge < -0.3 is 15.0 Å². The first-order chi connectivity index (χ1) is 15.6. The number of aryl methyl sites for hydroxylation is 1. The van der Waals surface area contributed by atoms with E-state index < -0.39 is 0 Å². The summed E-state index contributed by atoms with van der Waals surface area (Å²) in [7, 11) is 3.54. The molecule has 1 aliphatic carbocycles. The second-order valence-corrected chi connectivity index (χ2v) is 9.26. The number of methoxy groups -OCH3 is 1. The van der Waals surface area contributed by atoms with Gasteiger partial charge in [-0.05, 0) is 69.5 Å². The van der Waals surface area contributed by atoms with Crippen molar-refractivity contribution in [3.05, 3.63) is 59.4 Å². The molecule has 4 rings (SSSR count). The largest absolute Gasteiger partial charge is 0.496 e. The van der Waals surface area contributed by atoms with Gasteiger partial charge in [-0.1, -0.05) is 30.4 Å². The fourth-order valence-corrected chi connectivity index (χ4v) is 5.03. The van der Waals surface area contributed by atoms with Crippen LogP contribution in [0, 0.1) is 11.8 Å². The average Bonchev–Trinajstić information content (AvgIpc) is 3.19. The summed E-state index contributed by atoms with van der Waals surface area (Å²) in [5, 5.41) is 7.68. The Morgan fingerprint density at radius 1 is 1.16 bits per heavy atom. The molecule has 2 aromatic rings. The van der Waals surface area contributed by atoms with Crippen LogP contribution < -0.4 is 10.1 Å². The van der Waals surface area contributed by atoms with Gasteiger partial charge in [0.15, 0.2) is 0 Å². The van der Waals surface area contributed by atoms with Gasteiger partial charge in [-0.3, -0.25) is 9.48 Å². The maximum Gasteiger partial charge on any atom is 0.255 e. The number of allylic oxidation sites excluding steroid dienone is 2. The van der Waals surface area contributed by atoms with Gasteiger partial charge in [0, 0.05) is 31.9 Å². The number of hydrogen-bond acceptors (Lipinski definition) is 4. The number of hydrogen-bond donors (Lipinski definition) is 1. The number of carbonyl (C=O) groups excluding carboxylic acids is 1. The van der Waals surface area contributed by atoms with E-state index in [9.17, 15) is 4.79 Å². The van der Waals surface area contributed by atoms with Crippen molar-refractivity contribution in [3.8, 4) is 5.75 Å². The van der Waals surface area contributed by atoms with Gasteiger partial charge in [-0.2, -0.15) is 5.10 Å². The van der Waals surface area contributed by atoms with Crippen molar-refractivity contribution in [1.29, 1.82) is 0 Å². The quantitative estimate of drug-likeness (QED) is 0.636. The van der Waals surface area contributed by atoms with Gasteiger partial charge >= 0.3 is 0 Å². The second kappa shape index (κ2) is 10.8. The summed E-state index contributed by atoms with van der Waals surface area (Å²) in [6, 6.07) is 7.77. The molecule has 0 saturated carbocycles. The molecule has 0 radical (unpaired) electrons. The van der Waals surface area contributed by atoms with Crippen LogP contribution >= 0.6 is 0 Å². The van der Waals surface area contributed by atoms with Crippen molar-refractivity contribution >= 4 is 5.91 Å². The number of benzene rings is 1. The molecular weight excluding hydrogens is 400 g/mol. The molecule has 6 nitrogen and oxygen atoms in total. The highest BCUT2D eigenvalue weighted by molar-refractivity contribution is 5.95. The van der Waals surface area contributed by atoms with Crippen LogP contribution in [-0.4, -0.2) is 47.3 Å². The SMILES string of the molecule is COc1ccccc1CNC(=O)c1cn(C)nc1CC1CCN(C[C@@H]2CC=CCC2)CC1. The van der Waals surface area contributed by atoms with E-state index in [1.54, 1.807) is 11.8 Å². The Labute approximate surface area is 191 Å². The van der Waals surface area contributed by atoms with Crippen molar-refractivity contribution in [2.75, 3.05) is 26.7 Å². The van der Waals surface area contributed by atoms with Crippen LogP contribution in [0.4, 0.5) is 0 Å². The van der Waals surface area contributed by atoms with Crippen molar-refractivity contribution < 1.29 is 9.53 Å². The molecule has 32 heavy (non-hydrogen) atoms. The summed E-state index contributed by atoms with van der Waals surface area (Å²) < 4.78 is 7.16.